The van der Waals surface area contributed by atoms with E-state index >= 15 is 0 Å². The van der Waals surface area contributed by atoms with Crippen molar-refractivity contribution in [3.63, 3.8) is 0 Å². The molecule has 0 aromatic heterocycles. The third-order valence-corrected chi connectivity index (χ3v) is 3.74. The molecule has 122 valence electrons. The maximum absolute atomic E-state index is 11.9. The van der Waals surface area contributed by atoms with Crippen molar-refractivity contribution in [2.75, 3.05) is 0 Å². The zero-order chi connectivity index (χ0) is 17.5. The summed E-state index contributed by atoms with van der Waals surface area (Å²) in [5.41, 5.74) is 3.60. The standard InChI is InChI=1S/C17H13Cl2N3O2/c1-11(24-14-5-2-12(9-20)3-6-14)17(23)22-21-10-13-4-7-15(18)16(19)8-13/h2-8,10-11H,1H3,(H,22,23)/b21-10-/t11-/m0/s1. The molecule has 0 radical (unpaired) electrons. The third-order valence-electron chi connectivity index (χ3n) is 3.00. The molecule has 2 aromatic carbocycles. The molecule has 24 heavy (non-hydrogen) atoms. The van der Waals surface area contributed by atoms with Gasteiger partial charge in [0.25, 0.3) is 5.91 Å². The topological polar surface area (TPSA) is 74.5 Å². The van der Waals surface area contributed by atoms with Crippen LogP contribution in [0.4, 0.5) is 0 Å². The molecule has 0 heterocycles. The number of nitrogens with zero attached hydrogens (tertiary/aromatic N) is 2. The first-order chi connectivity index (χ1) is 11.5. The van der Waals surface area contributed by atoms with E-state index in [1.807, 2.05) is 6.07 Å². The Morgan fingerprint density at radius 1 is 1.25 bits per heavy atom. The molecule has 0 spiro atoms. The average Bonchev–Trinajstić information content (AvgIpc) is 2.58. The van der Waals surface area contributed by atoms with Gasteiger partial charge in [-0.25, -0.2) is 5.43 Å². The van der Waals surface area contributed by atoms with Crippen LogP contribution in [0.5, 0.6) is 5.75 Å². The highest BCUT2D eigenvalue weighted by atomic mass is 35.5. The number of carbonyl (C=O) groups is 1. The van der Waals surface area contributed by atoms with Crippen LogP contribution in [-0.4, -0.2) is 18.2 Å². The van der Waals surface area contributed by atoms with E-state index in [0.29, 0.717) is 26.9 Å². The van der Waals surface area contributed by atoms with Crippen LogP contribution in [0.2, 0.25) is 10.0 Å². The summed E-state index contributed by atoms with van der Waals surface area (Å²) in [7, 11) is 0. The molecule has 0 fully saturated rings. The molecule has 2 rings (SSSR count). The van der Waals surface area contributed by atoms with Crippen molar-refractivity contribution < 1.29 is 9.53 Å². The smallest absolute Gasteiger partial charge is 0.280 e. The highest BCUT2D eigenvalue weighted by molar-refractivity contribution is 6.42. The average molecular weight is 362 g/mol. The zero-order valence-electron chi connectivity index (χ0n) is 12.7. The Hall–Kier alpha value is -2.55. The number of nitriles is 1. The van der Waals surface area contributed by atoms with Crippen molar-refractivity contribution in [3.8, 4) is 11.8 Å². The SMILES string of the molecule is C[C@H](Oc1ccc(C#N)cc1)C(=O)N/N=C\c1ccc(Cl)c(Cl)c1. The molecule has 0 aliphatic rings. The van der Waals surface area contributed by atoms with Gasteiger partial charge in [-0.2, -0.15) is 10.4 Å². The molecule has 0 aliphatic heterocycles. The highest BCUT2D eigenvalue weighted by Crippen LogP contribution is 2.21. The predicted octanol–water partition coefficient (Wildman–Crippen LogP) is 3.78. The van der Waals surface area contributed by atoms with Gasteiger partial charge in [0, 0.05) is 0 Å². The van der Waals surface area contributed by atoms with E-state index in [2.05, 4.69) is 10.5 Å². The van der Waals surface area contributed by atoms with Crippen molar-refractivity contribution in [2.45, 2.75) is 13.0 Å². The first-order valence-corrected chi connectivity index (χ1v) is 7.70. The molecule has 0 unspecified atom stereocenters. The molecule has 0 saturated heterocycles. The van der Waals surface area contributed by atoms with Crippen molar-refractivity contribution in [2.24, 2.45) is 5.10 Å². The molecule has 1 amide bonds. The Bertz CT molecular complexity index is 798. The minimum atomic E-state index is -0.746. The van der Waals surface area contributed by atoms with Crippen LogP contribution in [0.25, 0.3) is 0 Å². The number of carbonyl (C=O) groups excluding carboxylic acids is 1. The Kier molecular flexibility index (Phi) is 6.19. The molecular weight excluding hydrogens is 349 g/mol. The molecule has 5 nitrogen and oxygen atoms in total. The number of benzene rings is 2. The van der Waals surface area contributed by atoms with E-state index < -0.39 is 12.0 Å². The molecule has 0 aliphatic carbocycles. The lowest BCUT2D eigenvalue weighted by molar-refractivity contribution is -0.127. The van der Waals surface area contributed by atoms with Gasteiger partial charge in [0.1, 0.15) is 5.75 Å². The van der Waals surface area contributed by atoms with Gasteiger partial charge in [0.15, 0.2) is 6.10 Å². The third kappa shape index (κ3) is 4.98. The van der Waals surface area contributed by atoms with Crippen LogP contribution < -0.4 is 10.2 Å². The van der Waals surface area contributed by atoms with Crippen molar-refractivity contribution >= 4 is 35.3 Å². The van der Waals surface area contributed by atoms with Crippen LogP contribution in [0.15, 0.2) is 47.6 Å². The quantitative estimate of drug-likeness (QED) is 0.650. The fourth-order valence-electron chi connectivity index (χ4n) is 1.72. The summed E-state index contributed by atoms with van der Waals surface area (Å²) in [6.07, 6.45) is 0.707. The lowest BCUT2D eigenvalue weighted by Crippen LogP contribution is -2.33. The summed E-state index contributed by atoms with van der Waals surface area (Å²) < 4.78 is 5.48. The summed E-state index contributed by atoms with van der Waals surface area (Å²) >= 11 is 11.7. The van der Waals surface area contributed by atoms with E-state index in [1.165, 1.54) is 6.21 Å². The fourth-order valence-corrected chi connectivity index (χ4v) is 2.03. The zero-order valence-corrected chi connectivity index (χ0v) is 14.2. The predicted molar refractivity (Wildman–Crippen MR) is 93.4 cm³/mol. The second-order valence-electron chi connectivity index (χ2n) is 4.80. The molecule has 1 atom stereocenters. The minimum Gasteiger partial charge on any atom is -0.481 e. The maximum atomic E-state index is 11.9. The van der Waals surface area contributed by atoms with Crippen LogP contribution >= 0.6 is 23.2 Å². The molecular formula is C17H13Cl2N3O2. The maximum Gasteiger partial charge on any atom is 0.280 e. The molecule has 0 bridgehead atoms. The van der Waals surface area contributed by atoms with Gasteiger partial charge < -0.3 is 4.74 Å². The Balaban J connectivity index is 1.89. The first-order valence-electron chi connectivity index (χ1n) is 6.94. The van der Waals surface area contributed by atoms with Crippen LogP contribution in [-0.2, 0) is 4.79 Å². The second-order valence-corrected chi connectivity index (χ2v) is 5.62. The molecule has 2 aromatic rings. The summed E-state index contributed by atoms with van der Waals surface area (Å²) in [5.74, 6) is 0.0841. The Morgan fingerprint density at radius 2 is 1.96 bits per heavy atom. The van der Waals surface area contributed by atoms with E-state index in [9.17, 15) is 4.79 Å². The number of rotatable bonds is 5. The monoisotopic (exact) mass is 361 g/mol. The van der Waals surface area contributed by atoms with Gasteiger partial charge in [0.2, 0.25) is 0 Å². The van der Waals surface area contributed by atoms with Gasteiger partial charge in [-0.15, -0.1) is 0 Å². The van der Waals surface area contributed by atoms with Crippen molar-refractivity contribution in [1.82, 2.24) is 5.43 Å². The lowest BCUT2D eigenvalue weighted by atomic mass is 10.2. The number of hydrogen-bond donors (Lipinski definition) is 1. The van der Waals surface area contributed by atoms with Gasteiger partial charge >= 0.3 is 0 Å². The molecule has 7 heteroatoms. The van der Waals surface area contributed by atoms with E-state index in [1.54, 1.807) is 49.4 Å². The largest absolute Gasteiger partial charge is 0.481 e. The van der Waals surface area contributed by atoms with Gasteiger partial charge in [-0.1, -0.05) is 29.3 Å². The minimum absolute atomic E-state index is 0.407. The highest BCUT2D eigenvalue weighted by Gasteiger charge is 2.13. The summed E-state index contributed by atoms with van der Waals surface area (Å²) in [6.45, 7) is 1.60. The number of nitrogens with one attached hydrogen (secondary N) is 1. The van der Waals surface area contributed by atoms with Gasteiger partial charge in [0.05, 0.1) is 27.9 Å². The summed E-state index contributed by atoms with van der Waals surface area (Å²) in [6, 6.07) is 13.5. The van der Waals surface area contributed by atoms with Crippen LogP contribution in [0.3, 0.4) is 0 Å². The van der Waals surface area contributed by atoms with Crippen LogP contribution in [0, 0.1) is 11.3 Å². The van der Waals surface area contributed by atoms with E-state index in [-0.39, 0.29) is 0 Å². The lowest BCUT2D eigenvalue weighted by Gasteiger charge is -2.12. The Morgan fingerprint density at radius 3 is 2.58 bits per heavy atom. The normalized spacial score (nSPS) is 11.8. The number of hydrogen-bond acceptors (Lipinski definition) is 4. The Labute approximate surface area is 149 Å². The van der Waals surface area contributed by atoms with Crippen molar-refractivity contribution in [3.05, 3.63) is 63.6 Å². The van der Waals surface area contributed by atoms with Gasteiger partial charge in [-0.3, -0.25) is 4.79 Å². The molecule has 1 N–H and O–H groups in total. The molecule has 0 saturated carbocycles. The van der Waals surface area contributed by atoms with E-state index in [4.69, 9.17) is 33.2 Å². The number of hydrazone groups is 1. The number of amides is 1. The fraction of sp³-hybridized carbons (Fsp3) is 0.118. The summed E-state index contributed by atoms with van der Waals surface area (Å²) in [4.78, 5) is 11.9. The van der Waals surface area contributed by atoms with Crippen molar-refractivity contribution in [1.29, 1.82) is 5.26 Å². The van der Waals surface area contributed by atoms with Crippen LogP contribution in [0.1, 0.15) is 18.1 Å². The number of ether oxygens (including phenoxy) is 1. The first kappa shape index (κ1) is 17.8. The second kappa shape index (κ2) is 8.34. The van der Waals surface area contributed by atoms with E-state index in [0.717, 1.165) is 0 Å². The summed E-state index contributed by atoms with van der Waals surface area (Å²) in [5, 5.41) is 13.4. The number of halogens is 2. The van der Waals surface area contributed by atoms with Gasteiger partial charge in [-0.05, 0) is 48.9 Å².